The van der Waals surface area contributed by atoms with Crippen molar-refractivity contribution >= 4 is 11.9 Å². The van der Waals surface area contributed by atoms with Gasteiger partial charge in [-0.2, -0.15) is 0 Å². The van der Waals surface area contributed by atoms with Crippen LogP contribution in [0.4, 0.5) is 0 Å². The third-order valence-electron chi connectivity index (χ3n) is 2.19. The summed E-state index contributed by atoms with van der Waals surface area (Å²) in [5.74, 6) is -0.762. The summed E-state index contributed by atoms with van der Waals surface area (Å²) in [4.78, 5) is 22.4. The van der Waals surface area contributed by atoms with Gasteiger partial charge in [0.25, 0.3) is 0 Å². The van der Waals surface area contributed by atoms with Gasteiger partial charge in [0.1, 0.15) is 12.2 Å². The lowest BCUT2D eigenvalue weighted by Crippen LogP contribution is -2.19. The zero-order valence-corrected chi connectivity index (χ0v) is 10.9. The zero-order chi connectivity index (χ0) is 14.0. The number of unbranched alkanes of at least 4 members (excludes halogenated alkanes) is 1. The summed E-state index contributed by atoms with van der Waals surface area (Å²) < 4.78 is 9.70. The number of aliphatic hydroxyl groups excluding tert-OH is 2. The molecule has 0 bridgehead atoms. The van der Waals surface area contributed by atoms with Crippen LogP contribution in [-0.2, 0) is 19.1 Å². The molecule has 0 fully saturated rings. The minimum absolute atomic E-state index is 0.197. The molecule has 0 aliphatic heterocycles. The van der Waals surface area contributed by atoms with E-state index in [1.165, 1.54) is 0 Å². The summed E-state index contributed by atoms with van der Waals surface area (Å²) in [6.07, 6.45) is 0.500. The summed E-state index contributed by atoms with van der Waals surface area (Å²) in [5, 5.41) is 17.4. The van der Waals surface area contributed by atoms with E-state index in [9.17, 15) is 9.59 Å². The van der Waals surface area contributed by atoms with Crippen LogP contribution in [0.1, 0.15) is 39.5 Å². The first-order valence-corrected chi connectivity index (χ1v) is 6.10. The van der Waals surface area contributed by atoms with Crippen LogP contribution in [0.5, 0.6) is 0 Å². The second-order valence-corrected chi connectivity index (χ2v) is 4.17. The monoisotopic (exact) mass is 262 g/mol. The predicted octanol–water partition coefficient (Wildman–Crippen LogP) is 0.395. The molecule has 6 heteroatoms. The van der Waals surface area contributed by atoms with Crippen molar-refractivity contribution in [2.45, 2.75) is 51.7 Å². The molecule has 0 amide bonds. The van der Waals surface area contributed by atoms with Gasteiger partial charge >= 0.3 is 11.9 Å². The van der Waals surface area contributed by atoms with E-state index in [4.69, 9.17) is 19.7 Å². The molecule has 0 radical (unpaired) electrons. The van der Waals surface area contributed by atoms with Crippen LogP contribution in [0.2, 0.25) is 0 Å². The van der Waals surface area contributed by atoms with Crippen molar-refractivity contribution in [1.82, 2.24) is 0 Å². The Morgan fingerprint density at radius 1 is 0.889 bits per heavy atom. The number of ether oxygens (including phenoxy) is 2. The first-order valence-electron chi connectivity index (χ1n) is 6.10. The average molecular weight is 262 g/mol. The molecule has 18 heavy (non-hydrogen) atoms. The van der Waals surface area contributed by atoms with E-state index in [-0.39, 0.29) is 38.0 Å². The Balaban J connectivity index is 3.55. The van der Waals surface area contributed by atoms with Crippen molar-refractivity contribution in [1.29, 1.82) is 0 Å². The largest absolute Gasteiger partial charge is 0.460 e. The van der Waals surface area contributed by atoms with E-state index >= 15 is 0 Å². The van der Waals surface area contributed by atoms with Crippen molar-refractivity contribution < 1.29 is 29.3 Å². The van der Waals surface area contributed by atoms with Gasteiger partial charge in [0.2, 0.25) is 0 Å². The van der Waals surface area contributed by atoms with Gasteiger partial charge in [0.15, 0.2) is 0 Å². The zero-order valence-electron chi connectivity index (χ0n) is 10.9. The molecule has 6 nitrogen and oxygen atoms in total. The third kappa shape index (κ3) is 8.95. The molecule has 2 unspecified atom stereocenters. The number of esters is 2. The van der Waals surface area contributed by atoms with Crippen LogP contribution in [-0.4, -0.2) is 47.6 Å². The van der Waals surface area contributed by atoms with Crippen molar-refractivity contribution in [3.63, 3.8) is 0 Å². The summed E-state index contributed by atoms with van der Waals surface area (Å²) in [6.45, 7) is 2.81. The normalized spacial score (nSPS) is 13.8. The van der Waals surface area contributed by atoms with Crippen LogP contribution in [0.25, 0.3) is 0 Å². The van der Waals surface area contributed by atoms with Crippen LogP contribution >= 0.6 is 0 Å². The smallest absolute Gasteiger partial charge is 0.306 e. The Kier molecular flexibility index (Phi) is 9.22. The second-order valence-electron chi connectivity index (χ2n) is 4.17. The molecule has 0 rings (SSSR count). The lowest BCUT2D eigenvalue weighted by molar-refractivity contribution is -0.152. The number of carbonyl (C=O) groups excluding carboxylic acids is 2. The number of rotatable bonds is 9. The molecule has 0 aromatic heterocycles. The van der Waals surface area contributed by atoms with Crippen molar-refractivity contribution in [2.24, 2.45) is 0 Å². The maximum Gasteiger partial charge on any atom is 0.306 e. The Bertz CT molecular complexity index is 227. The molecule has 0 saturated heterocycles. The second kappa shape index (κ2) is 9.85. The molecule has 0 aliphatic carbocycles. The van der Waals surface area contributed by atoms with E-state index in [2.05, 4.69) is 0 Å². The Labute approximate surface area is 107 Å². The highest BCUT2D eigenvalue weighted by Gasteiger charge is 2.10. The highest BCUT2D eigenvalue weighted by atomic mass is 16.6. The van der Waals surface area contributed by atoms with Crippen LogP contribution in [0, 0.1) is 0 Å². The number of hydrogen-bond donors (Lipinski definition) is 2. The minimum Gasteiger partial charge on any atom is -0.460 e. The first kappa shape index (κ1) is 16.9. The van der Waals surface area contributed by atoms with E-state index in [1.54, 1.807) is 13.8 Å². The van der Waals surface area contributed by atoms with Gasteiger partial charge in [0.05, 0.1) is 13.2 Å². The van der Waals surface area contributed by atoms with E-state index in [0.717, 1.165) is 0 Å². The number of carbonyl (C=O) groups is 2. The molecule has 0 aromatic carbocycles. The van der Waals surface area contributed by atoms with Crippen molar-refractivity contribution in [3.05, 3.63) is 0 Å². The molecule has 0 spiro atoms. The molecule has 106 valence electrons. The molecule has 2 atom stereocenters. The fourth-order valence-corrected chi connectivity index (χ4v) is 1.18. The summed E-state index contributed by atoms with van der Waals surface area (Å²) >= 11 is 0. The highest BCUT2D eigenvalue weighted by Crippen LogP contribution is 2.05. The van der Waals surface area contributed by atoms with Gasteiger partial charge in [0, 0.05) is 12.8 Å². The SMILES string of the molecule is CC(CO)OC(=O)CCCCC(=O)OC(C)CO. The van der Waals surface area contributed by atoms with Gasteiger partial charge in [-0.15, -0.1) is 0 Å². The van der Waals surface area contributed by atoms with Crippen molar-refractivity contribution in [3.8, 4) is 0 Å². The van der Waals surface area contributed by atoms with Crippen LogP contribution in [0.15, 0.2) is 0 Å². The summed E-state index contributed by atoms with van der Waals surface area (Å²) in [7, 11) is 0. The molecular weight excluding hydrogens is 240 g/mol. The number of aliphatic hydroxyl groups is 2. The Hall–Kier alpha value is -1.14. The topological polar surface area (TPSA) is 93.1 Å². The predicted molar refractivity (Wildman–Crippen MR) is 63.7 cm³/mol. The molecule has 0 aromatic rings. The van der Waals surface area contributed by atoms with E-state index in [1.807, 2.05) is 0 Å². The van der Waals surface area contributed by atoms with Gasteiger partial charge in [-0.3, -0.25) is 9.59 Å². The Morgan fingerprint density at radius 2 is 1.22 bits per heavy atom. The van der Waals surface area contributed by atoms with E-state index < -0.39 is 12.2 Å². The maximum absolute atomic E-state index is 11.2. The van der Waals surface area contributed by atoms with Gasteiger partial charge in [-0.1, -0.05) is 0 Å². The van der Waals surface area contributed by atoms with Gasteiger partial charge in [-0.05, 0) is 26.7 Å². The Morgan fingerprint density at radius 3 is 1.50 bits per heavy atom. The van der Waals surface area contributed by atoms with Gasteiger partial charge < -0.3 is 19.7 Å². The lowest BCUT2D eigenvalue weighted by atomic mass is 10.2. The molecule has 0 aliphatic rings. The maximum atomic E-state index is 11.2. The fourth-order valence-electron chi connectivity index (χ4n) is 1.18. The number of hydrogen-bond acceptors (Lipinski definition) is 6. The summed E-state index contributed by atoms with van der Waals surface area (Å²) in [6, 6.07) is 0. The lowest BCUT2D eigenvalue weighted by Gasteiger charge is -2.11. The molecule has 0 saturated carbocycles. The minimum atomic E-state index is -0.493. The van der Waals surface area contributed by atoms with Crippen molar-refractivity contribution in [2.75, 3.05) is 13.2 Å². The average Bonchev–Trinajstić information content (AvgIpc) is 2.34. The van der Waals surface area contributed by atoms with Crippen LogP contribution < -0.4 is 0 Å². The standard InChI is InChI=1S/C12H22O6/c1-9(7-13)17-11(15)5-3-4-6-12(16)18-10(2)8-14/h9-10,13-14H,3-8H2,1-2H3. The molecular formula is C12H22O6. The fraction of sp³-hybridized carbons (Fsp3) is 0.833. The van der Waals surface area contributed by atoms with Gasteiger partial charge in [-0.25, -0.2) is 0 Å². The molecule has 2 N–H and O–H groups in total. The highest BCUT2D eigenvalue weighted by molar-refractivity contribution is 5.70. The first-order chi connectivity index (χ1) is 8.49. The summed E-state index contributed by atoms with van der Waals surface area (Å²) in [5.41, 5.74) is 0. The van der Waals surface area contributed by atoms with E-state index in [0.29, 0.717) is 12.8 Å². The molecule has 0 heterocycles. The third-order valence-corrected chi connectivity index (χ3v) is 2.19. The quantitative estimate of drug-likeness (QED) is 0.461. The van der Waals surface area contributed by atoms with Crippen LogP contribution in [0.3, 0.4) is 0 Å².